The Bertz CT molecular complexity index is 755. The summed E-state index contributed by atoms with van der Waals surface area (Å²) in [4.78, 5) is 34.8. The van der Waals surface area contributed by atoms with E-state index in [1.807, 2.05) is 31.2 Å². The average Bonchev–Trinajstić information content (AvgIpc) is 3.12. The van der Waals surface area contributed by atoms with Gasteiger partial charge in [-0.25, -0.2) is 0 Å². The van der Waals surface area contributed by atoms with Crippen LogP contribution in [-0.2, 0) is 9.59 Å². The van der Waals surface area contributed by atoms with Crippen molar-refractivity contribution < 1.29 is 23.9 Å². The molecule has 1 aromatic heterocycles. The third-order valence-electron chi connectivity index (χ3n) is 3.74. The third-order valence-corrected chi connectivity index (χ3v) is 5.11. The van der Waals surface area contributed by atoms with Gasteiger partial charge in [-0.2, -0.15) is 11.8 Å². The van der Waals surface area contributed by atoms with E-state index in [4.69, 9.17) is 4.42 Å². The predicted octanol–water partition coefficient (Wildman–Crippen LogP) is 1.89. The predicted molar refractivity (Wildman–Crippen MR) is 96.6 cm³/mol. The van der Waals surface area contributed by atoms with Crippen molar-refractivity contribution >= 4 is 29.4 Å². The molecule has 1 amide bonds. The Morgan fingerprint density at radius 3 is 2.42 bits per heavy atom. The second-order valence-corrected chi connectivity index (χ2v) is 7.15. The zero-order valence-corrected chi connectivity index (χ0v) is 15.4. The molecule has 0 radical (unpaired) electrons. The van der Waals surface area contributed by atoms with Crippen LogP contribution in [0.3, 0.4) is 0 Å². The van der Waals surface area contributed by atoms with E-state index in [1.165, 1.54) is 24.9 Å². The molecule has 2 aromatic rings. The van der Waals surface area contributed by atoms with Gasteiger partial charge in [-0.1, -0.05) is 29.8 Å². The molecule has 0 unspecified atom stereocenters. The molecule has 0 bridgehead atoms. The Morgan fingerprint density at radius 2 is 1.88 bits per heavy atom. The van der Waals surface area contributed by atoms with Crippen LogP contribution in [0.1, 0.15) is 40.3 Å². The van der Waals surface area contributed by atoms with Gasteiger partial charge in [0.05, 0.1) is 18.3 Å². The minimum atomic E-state index is -1.35. The number of carboxylic acid groups (broad SMARTS) is 1. The Hall–Kier alpha value is -2.54. The van der Waals surface area contributed by atoms with Crippen LogP contribution < -0.4 is 10.4 Å². The van der Waals surface area contributed by atoms with Gasteiger partial charge in [-0.15, -0.1) is 0 Å². The number of ketones is 1. The maximum atomic E-state index is 12.4. The number of nitrogens with one attached hydrogen (secondary N) is 1. The molecule has 2 rings (SSSR count). The maximum absolute atomic E-state index is 12.4. The normalized spacial score (nSPS) is 13.0. The zero-order valence-electron chi connectivity index (χ0n) is 14.6. The molecular weight excluding hydrogens is 354 g/mol. The standard InChI is InChI=1S/C19H21NO5S/c1-12-5-7-14(8-6-12)18(10-16(22)17-4-3-9-25-17)26-11-15(19(23)24)20-13(2)21/h3-9,15,18H,10-11H2,1-2H3,(H,20,21)(H,23,24)/p-1/t15-,18-/m1/s1. The van der Waals surface area contributed by atoms with E-state index >= 15 is 0 Å². The Morgan fingerprint density at radius 1 is 1.19 bits per heavy atom. The van der Waals surface area contributed by atoms with Crippen molar-refractivity contribution in [3.63, 3.8) is 0 Å². The van der Waals surface area contributed by atoms with Crippen LogP contribution in [0.2, 0.25) is 0 Å². The van der Waals surface area contributed by atoms with Crippen molar-refractivity contribution in [1.82, 2.24) is 5.32 Å². The molecule has 7 heteroatoms. The summed E-state index contributed by atoms with van der Waals surface area (Å²) in [6.07, 6.45) is 1.59. The van der Waals surface area contributed by atoms with Gasteiger partial charge in [0, 0.05) is 24.3 Å². The summed E-state index contributed by atoms with van der Waals surface area (Å²) in [7, 11) is 0. The summed E-state index contributed by atoms with van der Waals surface area (Å²) in [5.74, 6) is -1.61. The number of carbonyl (C=O) groups is 3. The molecule has 0 aliphatic heterocycles. The van der Waals surface area contributed by atoms with Crippen molar-refractivity contribution in [2.24, 2.45) is 0 Å². The second-order valence-electron chi connectivity index (χ2n) is 5.91. The SMILES string of the molecule is CC(=O)N[C@H](CS[C@H](CC(=O)c1ccco1)c1ccc(C)cc1)C(=O)[O-]. The Kier molecular flexibility index (Phi) is 7.03. The second kappa shape index (κ2) is 9.24. The molecule has 2 atom stereocenters. The molecule has 0 saturated heterocycles. The minimum absolute atomic E-state index is 0.0892. The summed E-state index contributed by atoms with van der Waals surface area (Å²) in [6.45, 7) is 3.21. The number of aryl methyl sites for hydroxylation is 1. The highest BCUT2D eigenvalue weighted by Crippen LogP contribution is 2.34. The highest BCUT2D eigenvalue weighted by molar-refractivity contribution is 7.99. The fraction of sp³-hybridized carbons (Fsp3) is 0.316. The topological polar surface area (TPSA) is 99.4 Å². The van der Waals surface area contributed by atoms with Crippen molar-refractivity contribution in [3.8, 4) is 0 Å². The van der Waals surface area contributed by atoms with Gasteiger partial charge < -0.3 is 19.6 Å². The van der Waals surface area contributed by atoms with Crippen LogP contribution in [0.5, 0.6) is 0 Å². The monoisotopic (exact) mass is 374 g/mol. The number of aliphatic carboxylic acids is 1. The summed E-state index contributed by atoms with van der Waals surface area (Å²) in [6, 6.07) is 9.81. The van der Waals surface area contributed by atoms with E-state index in [2.05, 4.69) is 5.32 Å². The van der Waals surface area contributed by atoms with Gasteiger partial charge in [0.25, 0.3) is 0 Å². The number of benzene rings is 1. The first-order chi connectivity index (χ1) is 12.4. The van der Waals surface area contributed by atoms with Crippen molar-refractivity contribution in [2.75, 3.05) is 5.75 Å². The fourth-order valence-electron chi connectivity index (χ4n) is 2.39. The number of thioether (sulfide) groups is 1. The molecule has 0 spiro atoms. The summed E-state index contributed by atoms with van der Waals surface area (Å²) < 4.78 is 5.15. The third kappa shape index (κ3) is 5.77. The van der Waals surface area contributed by atoms with Crippen LogP contribution in [0, 0.1) is 6.92 Å². The molecular formula is C19H20NO5S-. The fourth-order valence-corrected chi connectivity index (χ4v) is 3.65. The van der Waals surface area contributed by atoms with Crippen molar-refractivity contribution in [2.45, 2.75) is 31.6 Å². The lowest BCUT2D eigenvalue weighted by molar-refractivity contribution is -0.307. The molecule has 26 heavy (non-hydrogen) atoms. The maximum Gasteiger partial charge on any atom is 0.217 e. The van der Waals surface area contributed by atoms with Gasteiger partial charge in [0.15, 0.2) is 11.5 Å². The number of Topliss-reactive ketones (excluding diaryl/α,β-unsaturated/α-hetero) is 1. The molecule has 0 saturated carbocycles. The number of furan rings is 1. The lowest BCUT2D eigenvalue weighted by atomic mass is 10.0. The number of amides is 1. The first-order valence-corrected chi connectivity index (χ1v) is 9.14. The Labute approximate surface area is 156 Å². The summed E-state index contributed by atoms with van der Waals surface area (Å²) >= 11 is 1.29. The summed E-state index contributed by atoms with van der Waals surface area (Å²) in [5.41, 5.74) is 1.99. The van der Waals surface area contributed by atoms with E-state index in [0.717, 1.165) is 11.1 Å². The highest BCUT2D eigenvalue weighted by atomic mass is 32.2. The lowest BCUT2D eigenvalue weighted by Crippen LogP contribution is -2.48. The molecule has 1 aromatic carbocycles. The number of hydrogen-bond acceptors (Lipinski definition) is 6. The van der Waals surface area contributed by atoms with Gasteiger partial charge in [-0.3, -0.25) is 9.59 Å². The first-order valence-electron chi connectivity index (χ1n) is 8.09. The lowest BCUT2D eigenvalue weighted by Gasteiger charge is -2.22. The van der Waals surface area contributed by atoms with Crippen LogP contribution in [-0.4, -0.2) is 29.5 Å². The van der Waals surface area contributed by atoms with Gasteiger partial charge >= 0.3 is 0 Å². The van der Waals surface area contributed by atoms with E-state index in [1.54, 1.807) is 12.1 Å². The Balaban J connectivity index is 2.14. The smallest absolute Gasteiger partial charge is 0.217 e. The van der Waals surface area contributed by atoms with Gasteiger partial charge in [-0.05, 0) is 24.6 Å². The molecule has 6 nitrogen and oxygen atoms in total. The van der Waals surface area contributed by atoms with E-state index in [-0.39, 0.29) is 29.0 Å². The molecule has 1 N–H and O–H groups in total. The molecule has 0 fully saturated rings. The first kappa shape index (κ1) is 19.8. The number of carbonyl (C=O) groups excluding carboxylic acids is 3. The van der Waals surface area contributed by atoms with E-state index in [0.29, 0.717) is 0 Å². The van der Waals surface area contributed by atoms with E-state index < -0.39 is 17.9 Å². The van der Waals surface area contributed by atoms with Crippen LogP contribution in [0.15, 0.2) is 47.1 Å². The number of hydrogen-bond donors (Lipinski definition) is 1. The largest absolute Gasteiger partial charge is 0.548 e. The van der Waals surface area contributed by atoms with Crippen molar-refractivity contribution in [1.29, 1.82) is 0 Å². The number of carboxylic acids is 1. The van der Waals surface area contributed by atoms with Crippen LogP contribution in [0.25, 0.3) is 0 Å². The van der Waals surface area contributed by atoms with Gasteiger partial charge in [0.1, 0.15) is 0 Å². The molecule has 138 valence electrons. The average molecular weight is 374 g/mol. The van der Waals surface area contributed by atoms with E-state index in [9.17, 15) is 19.5 Å². The molecule has 0 aliphatic carbocycles. The molecule has 1 heterocycles. The highest BCUT2D eigenvalue weighted by Gasteiger charge is 2.22. The molecule has 0 aliphatic rings. The van der Waals surface area contributed by atoms with Crippen molar-refractivity contribution in [3.05, 3.63) is 59.5 Å². The van der Waals surface area contributed by atoms with Crippen LogP contribution in [0.4, 0.5) is 0 Å². The van der Waals surface area contributed by atoms with Gasteiger partial charge in [0.2, 0.25) is 5.91 Å². The number of rotatable bonds is 9. The minimum Gasteiger partial charge on any atom is -0.548 e. The quantitative estimate of drug-likeness (QED) is 0.673. The zero-order chi connectivity index (χ0) is 19.1. The summed E-state index contributed by atoms with van der Waals surface area (Å²) in [5, 5.41) is 13.3. The van der Waals surface area contributed by atoms with Crippen LogP contribution >= 0.6 is 11.8 Å².